The van der Waals surface area contributed by atoms with E-state index in [-0.39, 0.29) is 22.2 Å². The number of hydrogen-bond acceptors (Lipinski definition) is 8. The maximum absolute atomic E-state index is 13.3. The lowest BCUT2D eigenvalue weighted by Crippen LogP contribution is -2.32. The van der Waals surface area contributed by atoms with E-state index in [9.17, 15) is 14.4 Å². The second-order valence-corrected chi connectivity index (χ2v) is 10.0. The Morgan fingerprint density at radius 2 is 1.73 bits per heavy atom. The van der Waals surface area contributed by atoms with Crippen molar-refractivity contribution in [3.63, 3.8) is 0 Å². The van der Waals surface area contributed by atoms with Gasteiger partial charge in [0, 0.05) is 33.3 Å². The molecule has 9 nitrogen and oxygen atoms in total. The van der Waals surface area contributed by atoms with Gasteiger partial charge in [0.15, 0.2) is 5.13 Å². The van der Waals surface area contributed by atoms with Gasteiger partial charge in [-0.15, -0.1) is 11.3 Å². The maximum Gasteiger partial charge on any atom is 0.283 e. The normalized spacial score (nSPS) is 13.1. The fraction of sp³-hybridized carbons (Fsp3) is 0.0714. The van der Waals surface area contributed by atoms with Crippen molar-refractivity contribution in [2.45, 2.75) is 0 Å². The molecule has 2 heterocycles. The summed E-state index contributed by atoms with van der Waals surface area (Å²) in [6.07, 6.45) is 0. The van der Waals surface area contributed by atoms with Gasteiger partial charge in [0.05, 0.1) is 25.6 Å². The van der Waals surface area contributed by atoms with Crippen molar-refractivity contribution < 1.29 is 23.9 Å². The van der Waals surface area contributed by atoms with Crippen LogP contribution < -0.4 is 25.0 Å². The average Bonchev–Trinajstić information content (AvgIpc) is 3.51. The Morgan fingerprint density at radius 3 is 2.45 bits per heavy atom. The van der Waals surface area contributed by atoms with Gasteiger partial charge in [0.2, 0.25) is 0 Å². The molecule has 0 spiro atoms. The van der Waals surface area contributed by atoms with Gasteiger partial charge in [0.1, 0.15) is 22.2 Å². The van der Waals surface area contributed by atoms with Crippen LogP contribution in [0.4, 0.5) is 16.5 Å². The third kappa shape index (κ3) is 5.37. The van der Waals surface area contributed by atoms with Crippen molar-refractivity contribution in [3.05, 3.63) is 93.4 Å². The minimum atomic E-state index is -0.727. The molecule has 3 aromatic carbocycles. The molecule has 202 valence electrons. The second-order valence-electron chi connectivity index (χ2n) is 8.38. The lowest BCUT2D eigenvalue weighted by atomic mass is 10.2. The summed E-state index contributed by atoms with van der Waals surface area (Å²) in [5, 5.41) is 8.23. The van der Waals surface area contributed by atoms with Gasteiger partial charge in [-0.25, -0.2) is 9.88 Å². The van der Waals surface area contributed by atoms with Gasteiger partial charge in [-0.3, -0.25) is 19.7 Å². The lowest BCUT2D eigenvalue weighted by Gasteiger charge is -2.19. The zero-order valence-electron chi connectivity index (χ0n) is 21.0. The van der Waals surface area contributed by atoms with Crippen LogP contribution in [0.15, 0.2) is 82.8 Å². The monoisotopic (exact) mass is 594 g/mol. The van der Waals surface area contributed by atoms with E-state index < -0.39 is 17.7 Å². The van der Waals surface area contributed by atoms with Crippen LogP contribution >= 0.6 is 34.5 Å². The Kier molecular flexibility index (Phi) is 7.74. The summed E-state index contributed by atoms with van der Waals surface area (Å²) in [6.45, 7) is 0. The molecule has 0 atom stereocenters. The number of amides is 3. The highest BCUT2D eigenvalue weighted by Crippen LogP contribution is 2.38. The maximum atomic E-state index is 13.3. The Balaban J connectivity index is 1.33. The van der Waals surface area contributed by atoms with Crippen molar-refractivity contribution in [2.75, 3.05) is 29.8 Å². The van der Waals surface area contributed by atoms with Gasteiger partial charge in [0.25, 0.3) is 17.7 Å². The van der Waals surface area contributed by atoms with E-state index in [1.165, 1.54) is 37.7 Å². The van der Waals surface area contributed by atoms with E-state index in [4.69, 9.17) is 32.7 Å². The number of methoxy groups -OCH3 is 2. The van der Waals surface area contributed by atoms with Crippen LogP contribution in [-0.2, 0) is 9.59 Å². The number of carbonyl (C=O) groups is 3. The quantitative estimate of drug-likeness (QED) is 0.235. The van der Waals surface area contributed by atoms with Crippen LogP contribution in [-0.4, -0.2) is 36.9 Å². The Bertz CT molecular complexity index is 1670. The molecule has 40 heavy (non-hydrogen) atoms. The van der Waals surface area contributed by atoms with Crippen molar-refractivity contribution in [2.24, 2.45) is 0 Å². The second kappa shape index (κ2) is 11.4. The van der Waals surface area contributed by atoms with E-state index in [2.05, 4.69) is 15.6 Å². The van der Waals surface area contributed by atoms with E-state index in [1.807, 2.05) is 17.5 Å². The average molecular weight is 595 g/mol. The molecule has 1 aliphatic heterocycles. The highest BCUT2D eigenvalue weighted by molar-refractivity contribution is 7.14. The number of rotatable bonds is 8. The van der Waals surface area contributed by atoms with Crippen LogP contribution in [0.1, 0.15) is 10.4 Å². The zero-order chi connectivity index (χ0) is 28.4. The number of benzene rings is 3. The molecule has 3 amide bonds. The van der Waals surface area contributed by atoms with Gasteiger partial charge in [-0.05, 0) is 42.5 Å². The highest BCUT2D eigenvalue weighted by Gasteiger charge is 2.40. The number of anilines is 3. The van der Waals surface area contributed by atoms with Crippen molar-refractivity contribution in [1.82, 2.24) is 4.98 Å². The zero-order valence-corrected chi connectivity index (χ0v) is 23.4. The summed E-state index contributed by atoms with van der Waals surface area (Å²) < 4.78 is 10.6. The predicted octanol–water partition coefficient (Wildman–Crippen LogP) is 6.17. The number of carbonyl (C=O) groups excluding carboxylic acids is 3. The van der Waals surface area contributed by atoms with Crippen molar-refractivity contribution in [3.8, 4) is 22.8 Å². The summed E-state index contributed by atoms with van der Waals surface area (Å²) >= 11 is 13.5. The van der Waals surface area contributed by atoms with Crippen LogP contribution in [0.5, 0.6) is 11.5 Å². The van der Waals surface area contributed by atoms with Gasteiger partial charge >= 0.3 is 0 Å². The first-order valence-corrected chi connectivity index (χ1v) is 13.3. The van der Waals surface area contributed by atoms with Crippen LogP contribution in [0, 0.1) is 0 Å². The third-order valence-corrected chi connectivity index (χ3v) is 7.27. The van der Waals surface area contributed by atoms with Gasteiger partial charge in [-0.2, -0.15) is 0 Å². The number of ether oxygens (including phenoxy) is 2. The standard InChI is InChI=1S/C28H20Cl2N4O5S/c1-38-19-10-11-22(39-2)21(13-19)34-26(36)23(30)24(27(34)37)31-18-5-3-4-16(12-18)25(35)33-28-32-20(14-40-28)15-6-8-17(29)9-7-15/h3-14,31H,1-2H3,(H,32,33,35). The molecule has 0 aliphatic carbocycles. The molecular weight excluding hydrogens is 575 g/mol. The first-order chi connectivity index (χ1) is 19.3. The Labute approximate surface area is 242 Å². The molecule has 0 saturated heterocycles. The number of halogens is 2. The molecule has 1 aromatic heterocycles. The third-order valence-electron chi connectivity index (χ3n) is 5.91. The molecule has 0 unspecified atom stereocenters. The highest BCUT2D eigenvalue weighted by atomic mass is 35.5. The lowest BCUT2D eigenvalue weighted by molar-refractivity contribution is -0.120. The molecule has 0 radical (unpaired) electrons. The van der Waals surface area contributed by atoms with Crippen molar-refractivity contribution in [1.29, 1.82) is 0 Å². The first-order valence-electron chi connectivity index (χ1n) is 11.7. The minimum Gasteiger partial charge on any atom is -0.497 e. The Hall–Kier alpha value is -4.38. The smallest absolute Gasteiger partial charge is 0.283 e. The van der Waals surface area contributed by atoms with Crippen molar-refractivity contribution >= 4 is 68.8 Å². The van der Waals surface area contributed by atoms with E-state index >= 15 is 0 Å². The molecular formula is C28H20Cl2N4O5S. The number of nitrogens with zero attached hydrogens (tertiary/aromatic N) is 2. The number of aromatic nitrogens is 1. The Morgan fingerprint density at radius 1 is 0.950 bits per heavy atom. The number of imide groups is 1. The number of nitrogens with one attached hydrogen (secondary N) is 2. The summed E-state index contributed by atoms with van der Waals surface area (Å²) in [4.78, 5) is 44.6. The summed E-state index contributed by atoms with van der Waals surface area (Å²) in [7, 11) is 2.89. The molecule has 2 N–H and O–H groups in total. The molecule has 0 fully saturated rings. The van der Waals surface area contributed by atoms with E-state index in [1.54, 1.807) is 42.5 Å². The largest absolute Gasteiger partial charge is 0.497 e. The molecule has 12 heteroatoms. The molecule has 0 saturated carbocycles. The van der Waals surface area contributed by atoms with E-state index in [0.717, 1.165) is 10.5 Å². The SMILES string of the molecule is COc1ccc(OC)c(N2C(=O)C(Cl)=C(Nc3cccc(C(=O)Nc4nc(-c5ccc(Cl)cc5)cs4)c3)C2=O)c1. The van der Waals surface area contributed by atoms with Gasteiger partial charge < -0.3 is 14.8 Å². The summed E-state index contributed by atoms with van der Waals surface area (Å²) in [6, 6.07) is 18.4. The molecule has 5 rings (SSSR count). The number of hydrogen-bond donors (Lipinski definition) is 2. The molecule has 4 aromatic rings. The summed E-state index contributed by atoms with van der Waals surface area (Å²) in [5.41, 5.74) is 2.29. The van der Waals surface area contributed by atoms with E-state index in [0.29, 0.717) is 32.8 Å². The minimum absolute atomic E-state index is 0.137. The fourth-order valence-electron chi connectivity index (χ4n) is 3.94. The van der Waals surface area contributed by atoms with Crippen LogP contribution in [0.3, 0.4) is 0 Å². The summed E-state index contributed by atoms with van der Waals surface area (Å²) in [5.74, 6) is -1.11. The molecule has 0 bridgehead atoms. The number of thiazole rings is 1. The van der Waals surface area contributed by atoms with Gasteiger partial charge in [-0.1, -0.05) is 41.4 Å². The topological polar surface area (TPSA) is 110 Å². The van der Waals surface area contributed by atoms with Crippen LogP contribution in [0.25, 0.3) is 11.3 Å². The first kappa shape index (κ1) is 27.2. The fourth-order valence-corrected chi connectivity index (χ4v) is 4.99. The predicted molar refractivity (Wildman–Crippen MR) is 155 cm³/mol. The molecule has 1 aliphatic rings. The van der Waals surface area contributed by atoms with Crippen LogP contribution in [0.2, 0.25) is 5.02 Å².